The SMILES string of the molecule is O=C1NC(CC(=O)N2CCCC2c2nc3ccccc3[nH]2)C(=O)Nc2ccccc21. The fourth-order valence-electron chi connectivity index (χ4n) is 4.23. The summed E-state index contributed by atoms with van der Waals surface area (Å²) in [7, 11) is 0. The van der Waals surface area contributed by atoms with Crippen molar-refractivity contribution in [3.05, 3.63) is 59.9 Å². The predicted molar refractivity (Wildman–Crippen MR) is 111 cm³/mol. The van der Waals surface area contributed by atoms with Crippen LogP contribution in [0.1, 0.15) is 41.5 Å². The highest BCUT2D eigenvalue weighted by molar-refractivity contribution is 6.10. The van der Waals surface area contributed by atoms with Crippen LogP contribution >= 0.6 is 0 Å². The second-order valence-corrected chi connectivity index (χ2v) is 7.65. The first-order valence-corrected chi connectivity index (χ1v) is 10.0. The molecule has 1 saturated heterocycles. The van der Waals surface area contributed by atoms with Gasteiger partial charge in [-0.25, -0.2) is 4.98 Å². The molecule has 3 N–H and O–H groups in total. The van der Waals surface area contributed by atoms with Crippen molar-refractivity contribution in [2.75, 3.05) is 11.9 Å². The first-order chi connectivity index (χ1) is 14.6. The highest BCUT2D eigenvalue weighted by atomic mass is 16.2. The third kappa shape index (κ3) is 3.20. The van der Waals surface area contributed by atoms with Gasteiger partial charge in [-0.1, -0.05) is 24.3 Å². The summed E-state index contributed by atoms with van der Waals surface area (Å²) in [5, 5.41) is 5.44. The Morgan fingerprint density at radius 2 is 1.90 bits per heavy atom. The lowest BCUT2D eigenvalue weighted by Gasteiger charge is -2.25. The first kappa shape index (κ1) is 18.4. The summed E-state index contributed by atoms with van der Waals surface area (Å²) in [4.78, 5) is 47.9. The number of hydrogen-bond donors (Lipinski definition) is 3. The zero-order valence-corrected chi connectivity index (χ0v) is 16.2. The van der Waals surface area contributed by atoms with Crippen LogP contribution in [0.25, 0.3) is 11.0 Å². The van der Waals surface area contributed by atoms with E-state index in [9.17, 15) is 14.4 Å². The van der Waals surface area contributed by atoms with E-state index in [1.165, 1.54) is 0 Å². The summed E-state index contributed by atoms with van der Waals surface area (Å²) in [6.45, 7) is 0.600. The van der Waals surface area contributed by atoms with E-state index < -0.39 is 6.04 Å². The number of benzene rings is 2. The van der Waals surface area contributed by atoms with Gasteiger partial charge in [-0.05, 0) is 37.1 Å². The van der Waals surface area contributed by atoms with Crippen molar-refractivity contribution in [1.29, 1.82) is 0 Å². The van der Waals surface area contributed by atoms with Crippen LogP contribution in [0.15, 0.2) is 48.5 Å². The number of H-pyrrole nitrogens is 1. The number of likely N-dealkylation sites (tertiary alicyclic amines) is 1. The molecule has 2 aliphatic rings. The van der Waals surface area contributed by atoms with E-state index in [0.717, 1.165) is 29.7 Å². The van der Waals surface area contributed by atoms with Gasteiger partial charge in [0.05, 0.1) is 34.7 Å². The van der Waals surface area contributed by atoms with Crippen molar-refractivity contribution in [1.82, 2.24) is 20.2 Å². The molecule has 0 spiro atoms. The van der Waals surface area contributed by atoms with E-state index in [2.05, 4.69) is 20.6 Å². The van der Waals surface area contributed by atoms with Gasteiger partial charge in [0.1, 0.15) is 11.9 Å². The average Bonchev–Trinajstić information content (AvgIpc) is 3.37. The Bertz CT molecular complexity index is 1120. The number of rotatable bonds is 3. The fourth-order valence-corrected chi connectivity index (χ4v) is 4.23. The number of nitrogens with zero attached hydrogens (tertiary/aromatic N) is 2. The number of anilines is 1. The second-order valence-electron chi connectivity index (χ2n) is 7.65. The van der Waals surface area contributed by atoms with E-state index in [4.69, 9.17) is 0 Å². The van der Waals surface area contributed by atoms with Gasteiger partial charge in [0.25, 0.3) is 5.91 Å². The van der Waals surface area contributed by atoms with Crippen LogP contribution in [0.3, 0.4) is 0 Å². The molecule has 8 nitrogen and oxygen atoms in total. The molecule has 1 fully saturated rings. The minimum absolute atomic E-state index is 0.0950. The molecule has 8 heteroatoms. The molecular weight excluding hydrogens is 382 g/mol. The maximum absolute atomic E-state index is 13.1. The smallest absolute Gasteiger partial charge is 0.254 e. The molecular formula is C22H21N5O3. The van der Waals surface area contributed by atoms with E-state index in [1.54, 1.807) is 29.2 Å². The van der Waals surface area contributed by atoms with Crippen LogP contribution in [0.5, 0.6) is 0 Å². The number of aromatic amines is 1. The molecule has 2 aliphatic heterocycles. The molecule has 0 aliphatic carbocycles. The topological polar surface area (TPSA) is 107 Å². The Labute approximate surface area is 172 Å². The Morgan fingerprint density at radius 1 is 1.10 bits per heavy atom. The molecule has 0 saturated carbocycles. The standard InChI is InChI=1S/C22H21N5O3/c28-19(12-17-22(30)25-14-7-2-1-6-13(14)21(29)26-17)27-11-5-10-18(27)20-23-15-8-3-4-9-16(15)24-20/h1-4,6-9,17-18H,5,10-12H2,(H,23,24)(H,25,30)(H,26,29). The van der Waals surface area contributed by atoms with Crippen molar-refractivity contribution in [3.8, 4) is 0 Å². The summed E-state index contributed by atoms with van der Waals surface area (Å²) in [6.07, 6.45) is 1.57. The van der Waals surface area contributed by atoms with Crippen molar-refractivity contribution in [2.24, 2.45) is 0 Å². The lowest BCUT2D eigenvalue weighted by molar-refractivity contribution is -0.134. The maximum Gasteiger partial charge on any atom is 0.254 e. The van der Waals surface area contributed by atoms with Gasteiger partial charge in [-0.2, -0.15) is 0 Å². The zero-order chi connectivity index (χ0) is 20.7. The van der Waals surface area contributed by atoms with Gasteiger partial charge >= 0.3 is 0 Å². The van der Waals surface area contributed by atoms with Crippen molar-refractivity contribution < 1.29 is 14.4 Å². The van der Waals surface area contributed by atoms with Gasteiger partial charge < -0.3 is 20.5 Å². The highest BCUT2D eigenvalue weighted by Crippen LogP contribution is 2.32. The molecule has 0 bridgehead atoms. The van der Waals surface area contributed by atoms with E-state index >= 15 is 0 Å². The lowest BCUT2D eigenvalue weighted by Crippen LogP contribution is -2.45. The van der Waals surface area contributed by atoms with Gasteiger partial charge in [0.2, 0.25) is 11.8 Å². The largest absolute Gasteiger partial charge is 0.340 e. The first-order valence-electron chi connectivity index (χ1n) is 10.0. The Balaban J connectivity index is 1.34. The van der Waals surface area contributed by atoms with Crippen LogP contribution in [-0.2, 0) is 9.59 Å². The Hall–Kier alpha value is -3.68. The third-order valence-corrected chi connectivity index (χ3v) is 5.73. The number of amides is 3. The quantitative estimate of drug-likeness (QED) is 0.624. The molecule has 3 aromatic rings. The van der Waals surface area contributed by atoms with Crippen LogP contribution in [0.4, 0.5) is 5.69 Å². The summed E-state index contributed by atoms with van der Waals surface area (Å²) < 4.78 is 0. The number of para-hydroxylation sites is 3. The maximum atomic E-state index is 13.1. The van der Waals surface area contributed by atoms with E-state index in [1.807, 2.05) is 24.3 Å². The molecule has 2 aromatic carbocycles. The summed E-state index contributed by atoms with van der Waals surface area (Å²) in [5.74, 6) is -0.175. The van der Waals surface area contributed by atoms with Crippen molar-refractivity contribution >= 4 is 34.4 Å². The van der Waals surface area contributed by atoms with Gasteiger partial charge in [-0.3, -0.25) is 14.4 Å². The average molecular weight is 403 g/mol. The molecule has 5 rings (SSSR count). The third-order valence-electron chi connectivity index (χ3n) is 5.73. The molecule has 3 heterocycles. The minimum atomic E-state index is -0.922. The molecule has 1 aromatic heterocycles. The van der Waals surface area contributed by atoms with Crippen molar-refractivity contribution in [3.63, 3.8) is 0 Å². The van der Waals surface area contributed by atoms with Gasteiger partial charge in [0, 0.05) is 6.54 Å². The van der Waals surface area contributed by atoms with Crippen LogP contribution in [0.2, 0.25) is 0 Å². The Morgan fingerprint density at radius 3 is 2.77 bits per heavy atom. The second kappa shape index (κ2) is 7.29. The Kier molecular flexibility index (Phi) is 4.46. The number of fused-ring (bicyclic) bond motifs is 2. The summed E-state index contributed by atoms with van der Waals surface area (Å²) >= 11 is 0. The zero-order valence-electron chi connectivity index (χ0n) is 16.2. The van der Waals surface area contributed by atoms with Gasteiger partial charge in [-0.15, -0.1) is 0 Å². The van der Waals surface area contributed by atoms with Crippen LogP contribution in [-0.4, -0.2) is 45.2 Å². The van der Waals surface area contributed by atoms with Gasteiger partial charge in [0.15, 0.2) is 0 Å². The summed E-state index contributed by atoms with van der Waals surface area (Å²) in [6, 6.07) is 13.5. The monoisotopic (exact) mass is 403 g/mol. The number of hydrogen-bond acceptors (Lipinski definition) is 4. The fraction of sp³-hybridized carbons (Fsp3) is 0.273. The highest BCUT2D eigenvalue weighted by Gasteiger charge is 2.36. The number of aromatic nitrogens is 2. The molecule has 152 valence electrons. The normalized spacial score (nSPS) is 21.1. The molecule has 0 radical (unpaired) electrons. The number of imidazole rings is 1. The summed E-state index contributed by atoms with van der Waals surface area (Å²) in [5.41, 5.74) is 2.64. The van der Waals surface area contributed by atoms with Crippen molar-refractivity contribution in [2.45, 2.75) is 31.3 Å². The predicted octanol–water partition coefficient (Wildman–Crippen LogP) is 2.37. The molecule has 30 heavy (non-hydrogen) atoms. The van der Waals surface area contributed by atoms with E-state index in [-0.39, 0.29) is 30.2 Å². The number of carbonyl (C=O) groups excluding carboxylic acids is 3. The number of nitrogens with one attached hydrogen (secondary N) is 3. The lowest BCUT2D eigenvalue weighted by atomic mass is 10.1. The van der Waals surface area contributed by atoms with Crippen LogP contribution in [0, 0.1) is 0 Å². The van der Waals surface area contributed by atoms with E-state index in [0.29, 0.717) is 17.8 Å². The molecule has 2 atom stereocenters. The minimum Gasteiger partial charge on any atom is -0.340 e. The molecule has 2 unspecified atom stereocenters. The molecule has 3 amide bonds. The van der Waals surface area contributed by atoms with Crippen LogP contribution < -0.4 is 10.6 Å². The number of carbonyl (C=O) groups is 3.